The van der Waals surface area contributed by atoms with Crippen molar-refractivity contribution in [1.82, 2.24) is 4.90 Å². The third kappa shape index (κ3) is 2.34. The normalized spacial score (nSPS) is 28.2. The molecule has 2 aliphatic rings. The third-order valence-electron chi connectivity index (χ3n) is 4.46. The molecule has 5 heteroatoms. The quantitative estimate of drug-likeness (QED) is 0.884. The smallest absolute Gasteiger partial charge is 0.371 e. The molecule has 0 saturated carbocycles. The molecule has 0 bridgehead atoms. The van der Waals surface area contributed by atoms with Gasteiger partial charge in [0.05, 0.1) is 0 Å². The molecule has 0 radical (unpaired) electrons. The molecule has 1 N–H and O–H groups in total. The monoisotopic (exact) mass is 264 g/mol. The number of hydrogen-bond donors (Lipinski definition) is 1. The summed E-state index contributed by atoms with van der Waals surface area (Å²) in [4.78, 5) is 15.5. The fourth-order valence-electron chi connectivity index (χ4n) is 3.47. The number of furan rings is 1. The van der Waals surface area contributed by atoms with Crippen LogP contribution in [0.3, 0.4) is 0 Å². The van der Waals surface area contributed by atoms with Gasteiger partial charge < -0.3 is 19.3 Å². The topological polar surface area (TPSA) is 56.9 Å². The first-order valence-corrected chi connectivity index (χ1v) is 6.93. The van der Waals surface area contributed by atoms with Crippen molar-refractivity contribution in [2.45, 2.75) is 25.3 Å². The van der Waals surface area contributed by atoms with Crippen molar-refractivity contribution in [2.24, 2.45) is 5.92 Å². The lowest BCUT2D eigenvalue weighted by Crippen LogP contribution is -2.52. The molecule has 5 nitrogen and oxygen atoms in total. The van der Waals surface area contributed by atoms with Crippen molar-refractivity contribution in [3.8, 4) is 0 Å². The second-order valence-corrected chi connectivity index (χ2v) is 5.63. The van der Waals surface area contributed by atoms with Gasteiger partial charge in [-0.15, -0.1) is 0 Å². The SMILES string of the molecule is CN1CCCC2CN(c3ccc(C(=O)O)o3)CCC21. The summed E-state index contributed by atoms with van der Waals surface area (Å²) in [5.74, 6) is 0.395. The predicted octanol–water partition coefficient (Wildman–Crippen LogP) is 1.90. The van der Waals surface area contributed by atoms with Gasteiger partial charge in [0.25, 0.3) is 0 Å². The summed E-state index contributed by atoms with van der Waals surface area (Å²) in [6.07, 6.45) is 3.65. The van der Waals surface area contributed by atoms with E-state index in [1.165, 1.54) is 25.5 Å². The van der Waals surface area contributed by atoms with Crippen molar-refractivity contribution >= 4 is 11.9 Å². The largest absolute Gasteiger partial charge is 0.475 e. The van der Waals surface area contributed by atoms with Crippen LogP contribution >= 0.6 is 0 Å². The molecule has 104 valence electrons. The Balaban J connectivity index is 1.71. The average molecular weight is 264 g/mol. The summed E-state index contributed by atoms with van der Waals surface area (Å²) in [5.41, 5.74) is 0. The molecule has 2 unspecified atom stereocenters. The van der Waals surface area contributed by atoms with Crippen LogP contribution in [0.4, 0.5) is 5.88 Å². The highest BCUT2D eigenvalue weighted by atomic mass is 16.4. The molecule has 0 aliphatic carbocycles. The van der Waals surface area contributed by atoms with E-state index in [1.54, 1.807) is 6.07 Å². The Morgan fingerprint density at radius 2 is 2.21 bits per heavy atom. The molecular formula is C14H20N2O3. The Kier molecular flexibility index (Phi) is 3.22. The number of hydrogen-bond acceptors (Lipinski definition) is 4. The minimum Gasteiger partial charge on any atom is -0.475 e. The zero-order chi connectivity index (χ0) is 13.4. The van der Waals surface area contributed by atoms with Gasteiger partial charge in [-0.05, 0) is 44.8 Å². The van der Waals surface area contributed by atoms with Crippen LogP contribution in [0.1, 0.15) is 29.8 Å². The van der Waals surface area contributed by atoms with Gasteiger partial charge in [-0.25, -0.2) is 4.79 Å². The molecular weight excluding hydrogens is 244 g/mol. The van der Waals surface area contributed by atoms with Gasteiger partial charge in [-0.2, -0.15) is 0 Å². The van der Waals surface area contributed by atoms with Crippen LogP contribution in [0.15, 0.2) is 16.5 Å². The zero-order valence-electron chi connectivity index (χ0n) is 11.2. The molecule has 0 spiro atoms. The minimum atomic E-state index is -1.00. The van der Waals surface area contributed by atoms with Crippen LogP contribution in [0.2, 0.25) is 0 Å². The summed E-state index contributed by atoms with van der Waals surface area (Å²) in [6, 6.07) is 3.99. The van der Waals surface area contributed by atoms with Gasteiger partial charge in [0.1, 0.15) is 0 Å². The van der Waals surface area contributed by atoms with Gasteiger partial charge in [0, 0.05) is 25.2 Å². The molecule has 2 aliphatic heterocycles. The fourth-order valence-corrected chi connectivity index (χ4v) is 3.47. The predicted molar refractivity (Wildman–Crippen MR) is 71.6 cm³/mol. The van der Waals surface area contributed by atoms with E-state index in [9.17, 15) is 4.79 Å². The van der Waals surface area contributed by atoms with Crippen LogP contribution in [0, 0.1) is 5.92 Å². The molecule has 0 aromatic carbocycles. The fraction of sp³-hybridized carbons (Fsp3) is 0.643. The molecule has 2 saturated heterocycles. The lowest BCUT2D eigenvalue weighted by atomic mass is 9.84. The lowest BCUT2D eigenvalue weighted by molar-refractivity contribution is 0.0661. The van der Waals surface area contributed by atoms with Crippen LogP contribution < -0.4 is 4.90 Å². The maximum absolute atomic E-state index is 10.8. The van der Waals surface area contributed by atoms with Crippen molar-refractivity contribution < 1.29 is 14.3 Å². The van der Waals surface area contributed by atoms with E-state index in [2.05, 4.69) is 16.8 Å². The number of fused-ring (bicyclic) bond motifs is 1. The minimum absolute atomic E-state index is 0.0258. The number of anilines is 1. The Morgan fingerprint density at radius 1 is 1.37 bits per heavy atom. The number of carboxylic acid groups (broad SMARTS) is 1. The summed E-state index contributed by atoms with van der Waals surface area (Å²) in [7, 11) is 2.21. The van der Waals surface area contributed by atoms with Crippen LogP contribution in [0.5, 0.6) is 0 Å². The number of carbonyl (C=O) groups is 1. The molecule has 2 fully saturated rings. The van der Waals surface area contributed by atoms with E-state index >= 15 is 0 Å². The van der Waals surface area contributed by atoms with Gasteiger partial charge in [-0.3, -0.25) is 0 Å². The number of piperidine rings is 2. The van der Waals surface area contributed by atoms with Crippen molar-refractivity contribution in [1.29, 1.82) is 0 Å². The van der Waals surface area contributed by atoms with Gasteiger partial charge in [0.15, 0.2) is 5.88 Å². The van der Waals surface area contributed by atoms with Crippen LogP contribution in [-0.2, 0) is 0 Å². The van der Waals surface area contributed by atoms with E-state index in [0.29, 0.717) is 17.8 Å². The van der Waals surface area contributed by atoms with Gasteiger partial charge in [0.2, 0.25) is 5.76 Å². The van der Waals surface area contributed by atoms with E-state index in [4.69, 9.17) is 9.52 Å². The van der Waals surface area contributed by atoms with E-state index in [1.807, 2.05) is 0 Å². The Bertz CT molecular complexity index is 471. The first-order valence-electron chi connectivity index (χ1n) is 6.93. The molecule has 3 heterocycles. The number of likely N-dealkylation sites (tertiary alicyclic amines) is 1. The van der Waals surface area contributed by atoms with Crippen LogP contribution in [0.25, 0.3) is 0 Å². The first-order chi connectivity index (χ1) is 9.15. The Morgan fingerprint density at radius 3 is 2.95 bits per heavy atom. The molecule has 0 amide bonds. The molecule has 1 aromatic rings. The second kappa shape index (κ2) is 4.89. The third-order valence-corrected chi connectivity index (χ3v) is 4.46. The summed E-state index contributed by atoms with van der Waals surface area (Å²) in [6.45, 7) is 3.12. The van der Waals surface area contributed by atoms with Gasteiger partial charge in [-0.1, -0.05) is 0 Å². The lowest BCUT2D eigenvalue weighted by Gasteiger charge is -2.45. The molecule has 2 atom stereocenters. The number of rotatable bonds is 2. The second-order valence-electron chi connectivity index (χ2n) is 5.63. The highest BCUT2D eigenvalue weighted by Crippen LogP contribution is 2.32. The Hall–Kier alpha value is -1.49. The van der Waals surface area contributed by atoms with Crippen LogP contribution in [-0.4, -0.2) is 48.7 Å². The van der Waals surface area contributed by atoms with E-state index in [0.717, 1.165) is 19.5 Å². The number of carboxylic acids is 1. The molecule has 19 heavy (non-hydrogen) atoms. The van der Waals surface area contributed by atoms with Crippen molar-refractivity contribution in [3.05, 3.63) is 17.9 Å². The average Bonchev–Trinajstić information content (AvgIpc) is 2.88. The number of aromatic carboxylic acids is 1. The molecule has 1 aromatic heterocycles. The first kappa shape index (κ1) is 12.5. The molecule has 3 rings (SSSR count). The van der Waals surface area contributed by atoms with Gasteiger partial charge >= 0.3 is 5.97 Å². The van der Waals surface area contributed by atoms with E-state index in [-0.39, 0.29) is 5.76 Å². The van der Waals surface area contributed by atoms with Crippen molar-refractivity contribution in [2.75, 3.05) is 31.6 Å². The maximum Gasteiger partial charge on any atom is 0.371 e. The number of nitrogens with zero attached hydrogens (tertiary/aromatic N) is 2. The standard InChI is InChI=1S/C14H20N2O3/c1-15-7-2-3-10-9-16(8-6-11(10)15)13-5-4-12(19-13)14(17)18/h4-5,10-11H,2-3,6-9H2,1H3,(H,17,18). The highest BCUT2D eigenvalue weighted by Gasteiger charge is 2.35. The zero-order valence-corrected chi connectivity index (χ0v) is 11.2. The maximum atomic E-state index is 10.8. The summed E-state index contributed by atoms with van der Waals surface area (Å²) >= 11 is 0. The summed E-state index contributed by atoms with van der Waals surface area (Å²) < 4.78 is 5.40. The Labute approximate surface area is 112 Å². The van der Waals surface area contributed by atoms with Crippen molar-refractivity contribution in [3.63, 3.8) is 0 Å². The highest BCUT2D eigenvalue weighted by molar-refractivity contribution is 5.84. The summed E-state index contributed by atoms with van der Waals surface area (Å²) in [5, 5.41) is 8.90. The van der Waals surface area contributed by atoms with E-state index < -0.39 is 5.97 Å².